The zero-order valence-corrected chi connectivity index (χ0v) is 13.1. The van der Waals surface area contributed by atoms with Gasteiger partial charge in [-0.25, -0.2) is 4.79 Å². The zero-order chi connectivity index (χ0) is 17.2. The third-order valence-electron chi connectivity index (χ3n) is 2.84. The number of nitrogens with two attached hydrogens (primary N) is 2. The van der Waals surface area contributed by atoms with Crippen LogP contribution in [0.2, 0.25) is 5.02 Å². The Labute approximate surface area is 139 Å². The Morgan fingerprint density at radius 1 is 1.39 bits per heavy atom. The summed E-state index contributed by atoms with van der Waals surface area (Å²) in [7, 11) is 0. The lowest BCUT2D eigenvalue weighted by atomic mass is 10.1. The summed E-state index contributed by atoms with van der Waals surface area (Å²) in [5.74, 6) is -1.01. The summed E-state index contributed by atoms with van der Waals surface area (Å²) >= 11 is 5.73. The normalized spacial score (nSPS) is 12.6. The monoisotopic (exact) mass is 338 g/mol. The Morgan fingerprint density at radius 3 is 2.74 bits per heavy atom. The average Bonchev–Trinajstić information content (AvgIpc) is 2.46. The lowest BCUT2D eigenvalue weighted by Gasteiger charge is -2.05. The highest BCUT2D eigenvalue weighted by Crippen LogP contribution is 2.22. The molecule has 8 heteroatoms. The van der Waals surface area contributed by atoms with Crippen LogP contribution < -0.4 is 11.5 Å². The maximum atomic E-state index is 11.1. The highest BCUT2D eigenvalue weighted by Gasteiger charge is 2.13. The molecular formula is C15H19ClN4O3. The number of hydrogen-bond donors (Lipinski definition) is 4. The molecule has 0 fully saturated rings. The molecule has 0 amide bonds. The first-order chi connectivity index (χ1) is 10.9. The van der Waals surface area contributed by atoms with E-state index in [2.05, 4.69) is 9.98 Å². The van der Waals surface area contributed by atoms with Crippen molar-refractivity contribution >= 4 is 35.8 Å². The Balaban J connectivity index is 2.58. The number of phenols is 1. The number of guanidine groups is 1. The Hall–Kier alpha value is -2.54. The topological polar surface area (TPSA) is 134 Å². The summed E-state index contributed by atoms with van der Waals surface area (Å²) in [6, 6.07) is 3.84. The van der Waals surface area contributed by atoms with E-state index < -0.39 is 12.0 Å². The molecule has 0 aliphatic rings. The van der Waals surface area contributed by atoms with Gasteiger partial charge in [0.1, 0.15) is 11.8 Å². The minimum Gasteiger partial charge on any atom is -0.507 e. The summed E-state index contributed by atoms with van der Waals surface area (Å²) in [6.45, 7) is 0.357. The van der Waals surface area contributed by atoms with Crippen molar-refractivity contribution in [2.75, 3.05) is 6.54 Å². The molecule has 0 heterocycles. The summed E-state index contributed by atoms with van der Waals surface area (Å²) in [4.78, 5) is 18.9. The number of aromatic hydroxyl groups is 1. The third kappa shape index (κ3) is 7.32. The summed E-state index contributed by atoms with van der Waals surface area (Å²) in [5.41, 5.74) is 10.9. The number of rotatable bonds is 8. The molecule has 0 saturated heterocycles. The third-order valence-corrected chi connectivity index (χ3v) is 3.07. The van der Waals surface area contributed by atoms with Crippen molar-refractivity contribution in [3.63, 3.8) is 0 Å². The van der Waals surface area contributed by atoms with Crippen LogP contribution in [0.4, 0.5) is 0 Å². The molecule has 1 atom stereocenters. The lowest BCUT2D eigenvalue weighted by Crippen LogP contribution is -2.23. The first kappa shape index (κ1) is 18.5. The smallest absolute Gasteiger partial charge is 0.328 e. The van der Waals surface area contributed by atoms with Crippen molar-refractivity contribution in [1.82, 2.24) is 0 Å². The van der Waals surface area contributed by atoms with Crippen molar-refractivity contribution in [3.05, 3.63) is 34.9 Å². The second-order valence-electron chi connectivity index (χ2n) is 4.66. The molecule has 0 unspecified atom stereocenters. The predicted octanol–water partition coefficient (Wildman–Crippen LogP) is 1.64. The van der Waals surface area contributed by atoms with Gasteiger partial charge in [0.2, 0.25) is 0 Å². The minimum atomic E-state index is -1.02. The van der Waals surface area contributed by atoms with Crippen molar-refractivity contribution in [2.45, 2.75) is 18.9 Å². The van der Waals surface area contributed by atoms with Crippen LogP contribution in [0.1, 0.15) is 18.4 Å². The van der Waals surface area contributed by atoms with Crippen LogP contribution in [0, 0.1) is 0 Å². The van der Waals surface area contributed by atoms with E-state index in [-0.39, 0.29) is 11.7 Å². The van der Waals surface area contributed by atoms with Gasteiger partial charge in [0.05, 0.1) is 0 Å². The van der Waals surface area contributed by atoms with Gasteiger partial charge < -0.3 is 21.7 Å². The molecular weight excluding hydrogens is 320 g/mol. The molecule has 124 valence electrons. The fourth-order valence-corrected chi connectivity index (χ4v) is 1.88. The molecule has 1 aromatic carbocycles. The molecule has 1 rings (SSSR count). The molecule has 23 heavy (non-hydrogen) atoms. The van der Waals surface area contributed by atoms with Crippen molar-refractivity contribution in [3.8, 4) is 5.75 Å². The number of halogens is 1. The fourth-order valence-electron chi connectivity index (χ4n) is 1.71. The molecule has 6 N–H and O–H groups in total. The summed E-state index contributed by atoms with van der Waals surface area (Å²) < 4.78 is 0. The van der Waals surface area contributed by atoms with Crippen LogP contribution in [0.3, 0.4) is 0 Å². The first-order valence-corrected chi connectivity index (χ1v) is 7.24. The highest BCUT2D eigenvalue weighted by atomic mass is 35.5. The van der Waals surface area contributed by atoms with Crippen LogP contribution in [-0.2, 0) is 4.79 Å². The first-order valence-electron chi connectivity index (χ1n) is 6.86. The quantitative estimate of drug-likeness (QED) is 0.324. The Morgan fingerprint density at radius 2 is 2.13 bits per heavy atom. The van der Waals surface area contributed by atoms with Crippen LogP contribution in [0.25, 0.3) is 6.08 Å². The van der Waals surface area contributed by atoms with Gasteiger partial charge >= 0.3 is 5.97 Å². The highest BCUT2D eigenvalue weighted by molar-refractivity contribution is 6.30. The number of benzene rings is 1. The number of phenolic OH excluding ortho intramolecular Hbond substituents is 1. The molecule has 7 nitrogen and oxygen atoms in total. The number of carboxylic acid groups (broad SMARTS) is 1. The van der Waals surface area contributed by atoms with Crippen LogP contribution in [-0.4, -0.2) is 40.9 Å². The predicted molar refractivity (Wildman–Crippen MR) is 92.0 cm³/mol. The summed E-state index contributed by atoms with van der Waals surface area (Å²) in [6.07, 6.45) is 5.37. The van der Waals surface area contributed by atoms with Crippen molar-refractivity contribution in [1.29, 1.82) is 0 Å². The van der Waals surface area contributed by atoms with Crippen LogP contribution in [0.5, 0.6) is 5.75 Å². The summed E-state index contributed by atoms with van der Waals surface area (Å²) in [5, 5.41) is 19.2. The van der Waals surface area contributed by atoms with Gasteiger partial charge in [-0.15, -0.1) is 0 Å². The van der Waals surface area contributed by atoms with E-state index >= 15 is 0 Å². The molecule has 0 aromatic heterocycles. The van der Waals surface area contributed by atoms with E-state index in [0.29, 0.717) is 30.0 Å². The molecule has 0 aliphatic carbocycles. The number of hydrogen-bond acceptors (Lipinski definition) is 4. The number of carbonyl (C=O) groups is 1. The Bertz CT molecular complexity index is 625. The molecule has 0 aliphatic heterocycles. The van der Waals surface area contributed by atoms with E-state index in [9.17, 15) is 9.90 Å². The van der Waals surface area contributed by atoms with E-state index in [0.717, 1.165) is 0 Å². The van der Waals surface area contributed by atoms with E-state index in [4.69, 9.17) is 28.2 Å². The van der Waals surface area contributed by atoms with E-state index in [1.165, 1.54) is 12.3 Å². The number of aliphatic imine (C=N–C) groups is 2. The van der Waals surface area contributed by atoms with Gasteiger partial charge in [-0.3, -0.25) is 9.98 Å². The van der Waals surface area contributed by atoms with Crippen LogP contribution in [0.15, 0.2) is 34.3 Å². The second kappa shape index (κ2) is 9.47. The average molecular weight is 339 g/mol. The van der Waals surface area contributed by atoms with Gasteiger partial charge in [0.15, 0.2) is 5.96 Å². The fraction of sp³-hybridized carbons (Fsp3) is 0.267. The number of nitrogens with zero attached hydrogens (tertiary/aromatic N) is 2. The number of aliphatic carboxylic acids is 1. The van der Waals surface area contributed by atoms with Crippen molar-refractivity contribution in [2.24, 2.45) is 21.5 Å². The largest absolute Gasteiger partial charge is 0.507 e. The van der Waals surface area contributed by atoms with Gasteiger partial charge in [-0.05, 0) is 43.2 Å². The SMILES string of the molecule is NC(N)=NCCC[C@H](N=CC=Cc1ccc(Cl)cc1O)C(=O)O. The molecule has 0 saturated carbocycles. The van der Waals surface area contributed by atoms with Gasteiger partial charge in [0.25, 0.3) is 0 Å². The maximum absolute atomic E-state index is 11.1. The van der Waals surface area contributed by atoms with Crippen LogP contribution >= 0.6 is 11.6 Å². The molecule has 0 radical (unpaired) electrons. The van der Waals surface area contributed by atoms with Gasteiger partial charge in [-0.1, -0.05) is 11.6 Å². The second-order valence-corrected chi connectivity index (χ2v) is 5.10. The molecule has 0 spiro atoms. The minimum absolute atomic E-state index is 0.0221. The molecule has 1 aromatic rings. The van der Waals surface area contributed by atoms with E-state index in [1.54, 1.807) is 24.3 Å². The zero-order valence-electron chi connectivity index (χ0n) is 12.4. The number of allylic oxidation sites excluding steroid dienone is 1. The number of carboxylic acids is 1. The standard InChI is InChI=1S/C15H19ClN4O3/c16-11-6-5-10(13(21)9-11)3-1-7-19-12(14(22)23)4-2-8-20-15(17)18/h1,3,5-7,9,12,21H,2,4,8H2,(H,22,23)(H4,17,18,20)/t12-/m0/s1. The maximum Gasteiger partial charge on any atom is 0.328 e. The molecule has 0 bridgehead atoms. The Kier molecular flexibility index (Phi) is 7.62. The van der Waals surface area contributed by atoms with Gasteiger partial charge in [-0.2, -0.15) is 0 Å². The van der Waals surface area contributed by atoms with Crippen molar-refractivity contribution < 1.29 is 15.0 Å². The van der Waals surface area contributed by atoms with Gasteiger partial charge in [0, 0.05) is 23.3 Å². The van der Waals surface area contributed by atoms with E-state index in [1.807, 2.05) is 0 Å². The lowest BCUT2D eigenvalue weighted by molar-refractivity contribution is -0.138.